The van der Waals surface area contributed by atoms with E-state index in [1.54, 1.807) is 11.9 Å². The van der Waals surface area contributed by atoms with E-state index >= 15 is 0 Å². The molecule has 4 heteroatoms. The second kappa shape index (κ2) is 8.11. The van der Waals surface area contributed by atoms with Crippen LogP contribution in [-0.2, 0) is 6.61 Å². The number of pyridine rings is 1. The highest BCUT2D eigenvalue weighted by Crippen LogP contribution is 2.42. The minimum absolute atomic E-state index is 0.487. The molecule has 3 nitrogen and oxygen atoms in total. The number of aromatic nitrogens is 1. The van der Waals surface area contributed by atoms with E-state index in [0.29, 0.717) is 6.61 Å². The van der Waals surface area contributed by atoms with Gasteiger partial charge in [-0.2, -0.15) is 0 Å². The van der Waals surface area contributed by atoms with Crippen molar-refractivity contribution < 1.29 is 4.74 Å². The summed E-state index contributed by atoms with van der Waals surface area (Å²) in [6.45, 7) is 4.80. The Kier molecular flexibility index (Phi) is 5.40. The standard InChI is InChI=1S/C24H24N2OS/c1-4-19(17-7-5-8-18(14-17)26-28-3)24-20-9-6-12-25-22(20)15-27-23-13-16(2)10-11-21(23)24/h5-14,26H,4,15H2,1-3H3/b24-19+. The number of rotatable bonds is 4. The molecule has 28 heavy (non-hydrogen) atoms. The van der Waals surface area contributed by atoms with Crippen molar-refractivity contribution in [3.8, 4) is 5.75 Å². The summed E-state index contributed by atoms with van der Waals surface area (Å²) in [4.78, 5) is 4.62. The van der Waals surface area contributed by atoms with Gasteiger partial charge < -0.3 is 9.46 Å². The highest BCUT2D eigenvalue weighted by Gasteiger charge is 2.23. The first-order chi connectivity index (χ1) is 13.7. The van der Waals surface area contributed by atoms with Crippen LogP contribution in [0.5, 0.6) is 5.75 Å². The third-order valence-corrected chi connectivity index (χ3v) is 5.46. The highest BCUT2D eigenvalue weighted by molar-refractivity contribution is 7.99. The van der Waals surface area contributed by atoms with Gasteiger partial charge in [0, 0.05) is 29.3 Å². The molecular weight excluding hydrogens is 364 g/mol. The first-order valence-corrected chi connectivity index (χ1v) is 10.7. The fourth-order valence-electron chi connectivity index (χ4n) is 3.77. The molecule has 0 bridgehead atoms. The lowest BCUT2D eigenvalue weighted by atomic mass is 9.87. The van der Waals surface area contributed by atoms with Gasteiger partial charge in [-0.15, -0.1) is 0 Å². The van der Waals surface area contributed by atoms with Gasteiger partial charge in [-0.1, -0.05) is 49.2 Å². The molecule has 0 spiro atoms. The Morgan fingerprint density at radius 1 is 1.11 bits per heavy atom. The first kappa shape index (κ1) is 18.6. The van der Waals surface area contributed by atoms with Crippen LogP contribution in [0.25, 0.3) is 11.1 Å². The normalized spacial score (nSPS) is 14.4. The number of aryl methyl sites for hydroxylation is 1. The van der Waals surface area contributed by atoms with E-state index in [1.807, 2.05) is 18.5 Å². The predicted octanol–water partition coefficient (Wildman–Crippen LogP) is 6.34. The lowest BCUT2D eigenvalue weighted by molar-refractivity contribution is 0.302. The number of benzene rings is 2. The number of fused-ring (bicyclic) bond motifs is 2. The largest absolute Gasteiger partial charge is 0.487 e. The second-order valence-electron chi connectivity index (χ2n) is 6.88. The summed E-state index contributed by atoms with van der Waals surface area (Å²) >= 11 is 1.60. The van der Waals surface area contributed by atoms with Crippen molar-refractivity contribution in [3.63, 3.8) is 0 Å². The maximum absolute atomic E-state index is 6.17. The van der Waals surface area contributed by atoms with Crippen molar-refractivity contribution in [3.05, 3.63) is 88.7 Å². The Morgan fingerprint density at radius 3 is 2.82 bits per heavy atom. The first-order valence-electron chi connectivity index (χ1n) is 9.52. The molecule has 0 amide bonds. The highest BCUT2D eigenvalue weighted by atomic mass is 32.2. The molecule has 0 unspecified atom stereocenters. The summed E-state index contributed by atoms with van der Waals surface area (Å²) in [7, 11) is 0. The van der Waals surface area contributed by atoms with Crippen LogP contribution in [-0.4, -0.2) is 11.2 Å². The Labute approximate surface area is 171 Å². The van der Waals surface area contributed by atoms with E-state index in [4.69, 9.17) is 4.74 Å². The molecule has 1 aliphatic heterocycles. The lowest BCUT2D eigenvalue weighted by Crippen LogP contribution is -1.99. The summed E-state index contributed by atoms with van der Waals surface area (Å²) in [5.74, 6) is 0.928. The van der Waals surface area contributed by atoms with Gasteiger partial charge >= 0.3 is 0 Å². The van der Waals surface area contributed by atoms with Crippen molar-refractivity contribution >= 4 is 28.8 Å². The fourth-order valence-corrected chi connectivity index (χ4v) is 4.13. The number of nitrogens with zero attached hydrogens (tertiary/aromatic N) is 1. The van der Waals surface area contributed by atoms with Crippen LogP contribution in [0, 0.1) is 6.92 Å². The zero-order chi connectivity index (χ0) is 19.5. The molecule has 0 atom stereocenters. The maximum atomic E-state index is 6.17. The molecule has 2 heterocycles. The van der Waals surface area contributed by atoms with Gasteiger partial charge in [0.05, 0.1) is 5.69 Å². The van der Waals surface area contributed by atoms with Crippen LogP contribution in [0.4, 0.5) is 5.69 Å². The monoisotopic (exact) mass is 388 g/mol. The zero-order valence-electron chi connectivity index (χ0n) is 16.5. The maximum Gasteiger partial charge on any atom is 0.131 e. The third-order valence-electron chi connectivity index (χ3n) is 5.02. The number of allylic oxidation sites excluding steroid dienone is 1. The van der Waals surface area contributed by atoms with Gasteiger partial charge in [-0.25, -0.2) is 0 Å². The molecule has 142 valence electrons. The molecule has 1 aliphatic rings. The molecule has 2 aromatic carbocycles. The Hall–Kier alpha value is -2.72. The fraction of sp³-hybridized carbons (Fsp3) is 0.208. The zero-order valence-corrected chi connectivity index (χ0v) is 17.3. The second-order valence-corrected chi connectivity index (χ2v) is 7.49. The van der Waals surface area contributed by atoms with Crippen LogP contribution in [0.2, 0.25) is 0 Å². The van der Waals surface area contributed by atoms with E-state index in [2.05, 4.69) is 72.1 Å². The van der Waals surface area contributed by atoms with Gasteiger partial charge in [0.15, 0.2) is 0 Å². The van der Waals surface area contributed by atoms with Gasteiger partial charge in [0.1, 0.15) is 12.4 Å². The molecule has 0 aliphatic carbocycles. The van der Waals surface area contributed by atoms with Crippen molar-refractivity contribution in [2.75, 3.05) is 11.0 Å². The quantitative estimate of drug-likeness (QED) is 0.529. The van der Waals surface area contributed by atoms with Crippen LogP contribution in [0.1, 0.15) is 41.3 Å². The summed E-state index contributed by atoms with van der Waals surface area (Å²) in [6, 6.07) is 19.3. The van der Waals surface area contributed by atoms with Crippen molar-refractivity contribution in [2.45, 2.75) is 26.9 Å². The average molecular weight is 389 g/mol. The average Bonchev–Trinajstić information content (AvgIpc) is 2.87. The van der Waals surface area contributed by atoms with Gasteiger partial charge in [-0.3, -0.25) is 4.98 Å². The van der Waals surface area contributed by atoms with Crippen LogP contribution in [0.3, 0.4) is 0 Å². The van der Waals surface area contributed by atoms with Gasteiger partial charge in [0.2, 0.25) is 0 Å². The number of nitrogens with one attached hydrogen (secondary N) is 1. The number of ether oxygens (including phenoxy) is 1. The van der Waals surface area contributed by atoms with E-state index in [1.165, 1.54) is 22.3 Å². The molecule has 0 radical (unpaired) electrons. The van der Waals surface area contributed by atoms with Crippen LogP contribution >= 0.6 is 11.9 Å². The summed E-state index contributed by atoms with van der Waals surface area (Å²) in [5.41, 5.74) is 9.32. The van der Waals surface area contributed by atoms with Gasteiger partial charge in [-0.05, 0) is 59.9 Å². The Balaban J connectivity index is 2.01. The SMILES string of the molecule is CC/C(=C1\c2ccc(C)cc2OCc2ncccc21)c1cccc(NSC)c1. The molecule has 0 fully saturated rings. The smallest absolute Gasteiger partial charge is 0.131 e. The van der Waals surface area contributed by atoms with E-state index in [9.17, 15) is 0 Å². The van der Waals surface area contributed by atoms with Gasteiger partial charge in [0.25, 0.3) is 0 Å². The van der Waals surface area contributed by atoms with Crippen molar-refractivity contribution in [1.29, 1.82) is 0 Å². The predicted molar refractivity (Wildman–Crippen MR) is 120 cm³/mol. The van der Waals surface area contributed by atoms with E-state index < -0.39 is 0 Å². The summed E-state index contributed by atoms with van der Waals surface area (Å²) in [6.07, 6.45) is 4.80. The topological polar surface area (TPSA) is 34.1 Å². The summed E-state index contributed by atoms with van der Waals surface area (Å²) in [5, 5.41) is 0. The minimum Gasteiger partial charge on any atom is -0.487 e. The van der Waals surface area contributed by atoms with Crippen molar-refractivity contribution in [2.24, 2.45) is 0 Å². The molecule has 1 aromatic heterocycles. The van der Waals surface area contributed by atoms with Crippen LogP contribution in [0.15, 0.2) is 60.8 Å². The molecule has 4 rings (SSSR count). The molecule has 3 aromatic rings. The molecule has 0 saturated heterocycles. The molecule has 0 saturated carbocycles. The molecular formula is C24H24N2OS. The lowest BCUT2D eigenvalue weighted by Gasteiger charge is -2.17. The third kappa shape index (κ3) is 3.52. The Morgan fingerprint density at radius 2 is 2.00 bits per heavy atom. The number of hydrogen-bond donors (Lipinski definition) is 1. The summed E-state index contributed by atoms with van der Waals surface area (Å²) < 4.78 is 9.51. The number of hydrogen-bond acceptors (Lipinski definition) is 4. The molecule has 1 N–H and O–H groups in total. The Bertz CT molecular complexity index is 1040. The van der Waals surface area contributed by atoms with Crippen LogP contribution < -0.4 is 9.46 Å². The van der Waals surface area contributed by atoms with E-state index in [-0.39, 0.29) is 0 Å². The number of anilines is 1. The van der Waals surface area contributed by atoms with Crippen molar-refractivity contribution in [1.82, 2.24) is 4.98 Å². The van der Waals surface area contributed by atoms with E-state index in [0.717, 1.165) is 34.7 Å². The minimum atomic E-state index is 0.487.